The summed E-state index contributed by atoms with van der Waals surface area (Å²) in [5.74, 6) is -0.00745. The molecular weight excluding hydrogens is 270 g/mol. The third-order valence-electron chi connectivity index (χ3n) is 3.13. The number of carbonyl (C=O) groups excluding carboxylic acids is 1. The van der Waals surface area contributed by atoms with E-state index in [1.165, 1.54) is 0 Å². The standard InChI is InChI=1S/C14H21N3O2Si/c1-11(18)12-7-15-8-13-14(12)17(9-16-13)10-19-5-6-20(2,3)4/h7-9H,5-6,10H2,1-4H3. The van der Waals surface area contributed by atoms with Crippen LogP contribution in [0.15, 0.2) is 18.7 Å². The predicted octanol–water partition coefficient (Wildman–Crippen LogP) is 2.95. The van der Waals surface area contributed by atoms with Gasteiger partial charge in [0, 0.05) is 20.9 Å². The predicted molar refractivity (Wildman–Crippen MR) is 81.6 cm³/mol. The monoisotopic (exact) mass is 291 g/mol. The van der Waals surface area contributed by atoms with Gasteiger partial charge >= 0.3 is 0 Å². The third kappa shape index (κ3) is 3.52. The van der Waals surface area contributed by atoms with Gasteiger partial charge in [-0.2, -0.15) is 0 Å². The lowest BCUT2D eigenvalue weighted by molar-refractivity contribution is 0.0895. The molecule has 5 nitrogen and oxygen atoms in total. The Bertz CT molecular complexity index is 616. The molecule has 0 saturated carbocycles. The van der Waals surface area contributed by atoms with E-state index in [0.717, 1.165) is 23.7 Å². The van der Waals surface area contributed by atoms with Crippen molar-refractivity contribution >= 4 is 24.9 Å². The van der Waals surface area contributed by atoms with Crippen molar-refractivity contribution in [2.45, 2.75) is 39.3 Å². The second-order valence-electron chi connectivity index (χ2n) is 6.17. The van der Waals surface area contributed by atoms with Crippen molar-refractivity contribution in [3.63, 3.8) is 0 Å². The van der Waals surface area contributed by atoms with Gasteiger partial charge in [0.1, 0.15) is 12.2 Å². The second kappa shape index (κ2) is 5.84. The Kier molecular flexibility index (Phi) is 4.34. The Morgan fingerprint density at radius 3 is 2.75 bits per heavy atom. The highest BCUT2D eigenvalue weighted by molar-refractivity contribution is 6.76. The molecule has 20 heavy (non-hydrogen) atoms. The molecule has 2 aromatic rings. The average molecular weight is 291 g/mol. The van der Waals surface area contributed by atoms with Gasteiger partial charge in [0.15, 0.2) is 5.78 Å². The van der Waals surface area contributed by atoms with Crippen LogP contribution in [-0.2, 0) is 11.5 Å². The number of Topliss-reactive ketones (excluding diaryl/α,β-unsaturated/α-hetero) is 1. The zero-order valence-electron chi connectivity index (χ0n) is 12.5. The van der Waals surface area contributed by atoms with Crippen LogP contribution in [0.4, 0.5) is 0 Å². The van der Waals surface area contributed by atoms with Crippen molar-refractivity contribution in [1.29, 1.82) is 0 Å². The molecule has 0 fully saturated rings. The fourth-order valence-electron chi connectivity index (χ4n) is 1.93. The number of imidazole rings is 1. The highest BCUT2D eigenvalue weighted by Crippen LogP contribution is 2.17. The molecule has 0 spiro atoms. The molecule has 0 N–H and O–H groups in total. The van der Waals surface area contributed by atoms with Crippen molar-refractivity contribution < 1.29 is 9.53 Å². The number of nitrogens with zero attached hydrogens (tertiary/aromatic N) is 3. The van der Waals surface area contributed by atoms with Crippen molar-refractivity contribution in [3.05, 3.63) is 24.3 Å². The number of fused-ring (bicyclic) bond motifs is 1. The lowest BCUT2D eigenvalue weighted by atomic mass is 10.2. The summed E-state index contributed by atoms with van der Waals surface area (Å²) >= 11 is 0. The van der Waals surface area contributed by atoms with Crippen LogP contribution >= 0.6 is 0 Å². The third-order valence-corrected chi connectivity index (χ3v) is 4.83. The minimum atomic E-state index is -1.08. The van der Waals surface area contributed by atoms with E-state index in [0.29, 0.717) is 12.3 Å². The van der Waals surface area contributed by atoms with Crippen molar-refractivity contribution in [1.82, 2.24) is 14.5 Å². The lowest BCUT2D eigenvalue weighted by Crippen LogP contribution is -2.22. The number of pyridine rings is 1. The topological polar surface area (TPSA) is 57.0 Å². The van der Waals surface area contributed by atoms with Crippen LogP contribution in [0.2, 0.25) is 25.7 Å². The van der Waals surface area contributed by atoms with E-state index in [4.69, 9.17) is 4.74 Å². The minimum absolute atomic E-state index is 0.00745. The Hall–Kier alpha value is -1.53. The first-order chi connectivity index (χ1) is 9.38. The summed E-state index contributed by atoms with van der Waals surface area (Å²) in [7, 11) is -1.08. The highest BCUT2D eigenvalue weighted by atomic mass is 28.3. The van der Waals surface area contributed by atoms with Gasteiger partial charge in [0.05, 0.1) is 23.6 Å². The van der Waals surface area contributed by atoms with Crippen molar-refractivity contribution in [3.8, 4) is 0 Å². The van der Waals surface area contributed by atoms with Gasteiger partial charge in [-0.1, -0.05) is 19.6 Å². The molecule has 2 aromatic heterocycles. The number of ether oxygens (including phenoxy) is 1. The maximum atomic E-state index is 11.7. The van der Waals surface area contributed by atoms with Crippen LogP contribution in [0.3, 0.4) is 0 Å². The van der Waals surface area contributed by atoms with E-state index >= 15 is 0 Å². The summed E-state index contributed by atoms with van der Waals surface area (Å²) < 4.78 is 7.60. The summed E-state index contributed by atoms with van der Waals surface area (Å²) in [6, 6.07) is 1.13. The molecule has 108 valence electrons. The van der Waals surface area contributed by atoms with E-state index in [1.807, 2.05) is 4.57 Å². The molecule has 0 aliphatic rings. The molecular formula is C14H21N3O2Si. The van der Waals surface area contributed by atoms with E-state index < -0.39 is 8.07 Å². The summed E-state index contributed by atoms with van der Waals surface area (Å²) in [5, 5.41) is 0. The number of carbonyl (C=O) groups is 1. The maximum Gasteiger partial charge on any atom is 0.163 e. The first-order valence-electron chi connectivity index (χ1n) is 6.76. The number of aromatic nitrogens is 3. The Morgan fingerprint density at radius 1 is 1.35 bits per heavy atom. The number of ketones is 1. The molecule has 0 aliphatic carbocycles. The van der Waals surface area contributed by atoms with E-state index in [2.05, 4.69) is 29.6 Å². The smallest absolute Gasteiger partial charge is 0.163 e. The van der Waals surface area contributed by atoms with E-state index in [-0.39, 0.29) is 5.78 Å². The molecule has 0 aromatic carbocycles. The highest BCUT2D eigenvalue weighted by Gasteiger charge is 2.14. The summed E-state index contributed by atoms with van der Waals surface area (Å²) in [6.07, 6.45) is 4.96. The van der Waals surface area contributed by atoms with Gasteiger partial charge in [0.2, 0.25) is 0 Å². The van der Waals surface area contributed by atoms with Gasteiger partial charge in [-0.05, 0) is 13.0 Å². The normalized spacial score (nSPS) is 12.0. The van der Waals surface area contributed by atoms with Gasteiger partial charge in [-0.15, -0.1) is 0 Å². The van der Waals surface area contributed by atoms with Crippen LogP contribution in [-0.4, -0.2) is 35.0 Å². The van der Waals surface area contributed by atoms with Gasteiger partial charge in [0.25, 0.3) is 0 Å². The van der Waals surface area contributed by atoms with Crippen LogP contribution in [0.1, 0.15) is 17.3 Å². The molecule has 0 amide bonds. The molecule has 6 heteroatoms. The van der Waals surface area contributed by atoms with Crippen LogP contribution in [0.5, 0.6) is 0 Å². The van der Waals surface area contributed by atoms with Crippen LogP contribution in [0.25, 0.3) is 11.0 Å². The van der Waals surface area contributed by atoms with Gasteiger partial charge in [-0.25, -0.2) is 4.98 Å². The molecule has 0 radical (unpaired) electrons. The zero-order chi connectivity index (χ0) is 14.8. The van der Waals surface area contributed by atoms with Crippen molar-refractivity contribution in [2.75, 3.05) is 6.61 Å². The van der Waals surface area contributed by atoms with Crippen molar-refractivity contribution in [2.24, 2.45) is 0 Å². The summed E-state index contributed by atoms with van der Waals surface area (Å²) in [5.41, 5.74) is 2.13. The number of rotatable bonds is 6. The quantitative estimate of drug-likeness (QED) is 0.466. The average Bonchev–Trinajstić information content (AvgIpc) is 2.76. The van der Waals surface area contributed by atoms with Crippen LogP contribution in [0, 0.1) is 0 Å². The second-order valence-corrected chi connectivity index (χ2v) is 11.8. The molecule has 2 rings (SSSR count). The SMILES string of the molecule is CC(=O)c1cncc2ncn(COCC[Si](C)(C)C)c12. The fourth-order valence-corrected chi connectivity index (χ4v) is 2.68. The number of hydrogen-bond donors (Lipinski definition) is 0. The Balaban J connectivity index is 2.13. The Morgan fingerprint density at radius 2 is 2.10 bits per heavy atom. The summed E-state index contributed by atoms with van der Waals surface area (Å²) in [4.78, 5) is 20.0. The minimum Gasteiger partial charge on any atom is -0.361 e. The first-order valence-corrected chi connectivity index (χ1v) is 10.5. The van der Waals surface area contributed by atoms with Gasteiger partial charge in [-0.3, -0.25) is 9.78 Å². The van der Waals surface area contributed by atoms with E-state index in [9.17, 15) is 4.79 Å². The molecule has 0 saturated heterocycles. The molecule has 0 aliphatic heterocycles. The Labute approximate surface area is 120 Å². The summed E-state index contributed by atoms with van der Waals surface area (Å²) in [6.45, 7) is 9.68. The molecule has 0 unspecified atom stereocenters. The largest absolute Gasteiger partial charge is 0.361 e. The fraction of sp³-hybridized carbons (Fsp3) is 0.500. The molecule has 0 atom stereocenters. The lowest BCUT2D eigenvalue weighted by Gasteiger charge is -2.15. The molecule has 2 heterocycles. The van der Waals surface area contributed by atoms with Crippen LogP contribution < -0.4 is 0 Å². The molecule has 0 bridgehead atoms. The maximum absolute atomic E-state index is 11.7. The van der Waals surface area contributed by atoms with Gasteiger partial charge < -0.3 is 9.30 Å². The number of hydrogen-bond acceptors (Lipinski definition) is 4. The zero-order valence-corrected chi connectivity index (χ0v) is 13.5. The van der Waals surface area contributed by atoms with E-state index in [1.54, 1.807) is 25.6 Å². The first kappa shape index (κ1) is 14.9.